The van der Waals surface area contributed by atoms with Gasteiger partial charge in [-0.05, 0) is 25.3 Å². The molecule has 1 aromatic heterocycles. The summed E-state index contributed by atoms with van der Waals surface area (Å²) in [7, 11) is 0. The quantitative estimate of drug-likeness (QED) is 0.728. The Morgan fingerprint density at radius 3 is 2.57 bits per heavy atom. The second-order valence-corrected chi connectivity index (χ2v) is 6.33. The molecule has 1 aromatic carbocycles. The number of anilines is 1. The summed E-state index contributed by atoms with van der Waals surface area (Å²) < 4.78 is 6.01. The molecule has 1 saturated carbocycles. The molecule has 3 rings (SSSR count). The van der Waals surface area contributed by atoms with Crippen molar-refractivity contribution in [3.8, 4) is 11.3 Å². The Morgan fingerprint density at radius 1 is 1.13 bits per heavy atom. The van der Waals surface area contributed by atoms with Crippen molar-refractivity contribution >= 4 is 11.8 Å². The van der Waals surface area contributed by atoms with Crippen LogP contribution in [0.15, 0.2) is 46.9 Å². The predicted molar refractivity (Wildman–Crippen MR) is 93.4 cm³/mol. The van der Waals surface area contributed by atoms with Crippen LogP contribution in [0.4, 0.5) is 5.88 Å². The summed E-state index contributed by atoms with van der Waals surface area (Å²) >= 11 is 0. The average Bonchev–Trinajstić information content (AvgIpc) is 3.28. The highest BCUT2D eigenvalue weighted by Gasteiger charge is 2.29. The van der Waals surface area contributed by atoms with E-state index >= 15 is 0 Å². The zero-order valence-corrected chi connectivity index (χ0v) is 13.8. The molecule has 1 aliphatic carbocycles. The molecule has 0 spiro atoms. The van der Waals surface area contributed by atoms with Gasteiger partial charge in [0.15, 0.2) is 0 Å². The second kappa shape index (κ2) is 7.49. The number of nitrogens with zero attached hydrogens (tertiary/aromatic N) is 1. The molecule has 0 N–H and O–H groups in total. The highest BCUT2D eigenvalue weighted by atomic mass is 16.4. The first kappa shape index (κ1) is 15.9. The van der Waals surface area contributed by atoms with Crippen molar-refractivity contribution in [2.24, 2.45) is 5.92 Å². The summed E-state index contributed by atoms with van der Waals surface area (Å²) in [5.41, 5.74) is 1.04. The molecule has 0 bridgehead atoms. The summed E-state index contributed by atoms with van der Waals surface area (Å²) in [4.78, 5) is 14.7. The van der Waals surface area contributed by atoms with E-state index in [1.165, 1.54) is 12.8 Å². The standard InChI is InChI=1S/C20H25NO2/c1-2-3-15-21(20(22)17-11-7-8-12-17)19-14-13-18(23-19)16-9-5-4-6-10-16/h4-6,9-10,13-14,17H,2-3,7-8,11-12,15H2,1H3. The Kier molecular flexibility index (Phi) is 5.16. The molecule has 1 fully saturated rings. The lowest BCUT2D eigenvalue weighted by atomic mass is 10.1. The van der Waals surface area contributed by atoms with Crippen LogP contribution in [0.2, 0.25) is 0 Å². The monoisotopic (exact) mass is 311 g/mol. The van der Waals surface area contributed by atoms with Crippen LogP contribution in [-0.2, 0) is 4.79 Å². The number of hydrogen-bond acceptors (Lipinski definition) is 2. The van der Waals surface area contributed by atoms with Gasteiger partial charge >= 0.3 is 0 Å². The molecule has 0 atom stereocenters. The largest absolute Gasteiger partial charge is 0.440 e. The predicted octanol–water partition coefficient (Wildman–Crippen LogP) is 5.27. The van der Waals surface area contributed by atoms with E-state index < -0.39 is 0 Å². The Labute approximate surface area is 138 Å². The fraction of sp³-hybridized carbons (Fsp3) is 0.450. The number of benzene rings is 1. The Hall–Kier alpha value is -2.03. The number of rotatable bonds is 6. The maximum atomic E-state index is 12.9. The van der Waals surface area contributed by atoms with Gasteiger partial charge in [-0.3, -0.25) is 9.69 Å². The molecule has 0 unspecified atom stereocenters. The van der Waals surface area contributed by atoms with Crippen LogP contribution in [0, 0.1) is 5.92 Å². The minimum absolute atomic E-state index is 0.178. The molecular weight excluding hydrogens is 286 g/mol. The summed E-state index contributed by atoms with van der Waals surface area (Å²) in [6, 6.07) is 13.9. The maximum absolute atomic E-state index is 12.9. The van der Waals surface area contributed by atoms with E-state index in [9.17, 15) is 4.79 Å². The summed E-state index contributed by atoms with van der Waals surface area (Å²) in [5.74, 6) is 1.93. The van der Waals surface area contributed by atoms with Crippen LogP contribution >= 0.6 is 0 Å². The molecule has 23 heavy (non-hydrogen) atoms. The highest BCUT2D eigenvalue weighted by Crippen LogP contribution is 2.31. The molecule has 2 aromatic rings. The first-order valence-corrected chi connectivity index (χ1v) is 8.76. The van der Waals surface area contributed by atoms with E-state index in [1.807, 2.05) is 47.4 Å². The van der Waals surface area contributed by atoms with E-state index in [1.54, 1.807) is 0 Å². The van der Waals surface area contributed by atoms with Crippen molar-refractivity contribution in [2.45, 2.75) is 45.4 Å². The molecule has 1 heterocycles. The molecule has 3 nitrogen and oxygen atoms in total. The van der Waals surface area contributed by atoms with Crippen LogP contribution in [0.25, 0.3) is 11.3 Å². The van der Waals surface area contributed by atoms with Gasteiger partial charge in [-0.25, -0.2) is 0 Å². The summed E-state index contributed by atoms with van der Waals surface area (Å²) in [5, 5.41) is 0. The fourth-order valence-electron chi connectivity index (χ4n) is 3.27. The van der Waals surface area contributed by atoms with Crippen molar-refractivity contribution in [2.75, 3.05) is 11.4 Å². The molecule has 0 aliphatic heterocycles. The van der Waals surface area contributed by atoms with Crippen LogP contribution in [-0.4, -0.2) is 12.5 Å². The molecular formula is C20H25NO2. The molecule has 1 aliphatic rings. The lowest BCUT2D eigenvalue weighted by Crippen LogP contribution is -2.35. The van der Waals surface area contributed by atoms with Gasteiger partial charge in [0.2, 0.25) is 11.8 Å². The smallest absolute Gasteiger partial charge is 0.232 e. The zero-order valence-electron chi connectivity index (χ0n) is 13.8. The van der Waals surface area contributed by atoms with E-state index in [0.29, 0.717) is 5.88 Å². The zero-order chi connectivity index (χ0) is 16.1. The minimum Gasteiger partial charge on any atom is -0.440 e. The molecule has 1 amide bonds. The summed E-state index contributed by atoms with van der Waals surface area (Å²) in [6.07, 6.45) is 6.46. The van der Waals surface area contributed by atoms with Gasteiger partial charge in [0.25, 0.3) is 0 Å². The minimum atomic E-state index is 0.178. The lowest BCUT2D eigenvalue weighted by Gasteiger charge is -2.23. The van der Waals surface area contributed by atoms with E-state index in [2.05, 4.69) is 6.92 Å². The van der Waals surface area contributed by atoms with Crippen LogP contribution in [0.3, 0.4) is 0 Å². The van der Waals surface area contributed by atoms with Crippen molar-refractivity contribution in [3.05, 3.63) is 42.5 Å². The first-order valence-electron chi connectivity index (χ1n) is 8.76. The van der Waals surface area contributed by atoms with Crippen molar-refractivity contribution in [3.63, 3.8) is 0 Å². The van der Waals surface area contributed by atoms with Gasteiger partial charge in [0, 0.05) is 24.1 Å². The molecule has 0 saturated heterocycles. The number of hydrogen-bond donors (Lipinski definition) is 0. The number of amides is 1. The maximum Gasteiger partial charge on any atom is 0.232 e. The number of carbonyl (C=O) groups is 1. The van der Waals surface area contributed by atoms with E-state index in [0.717, 1.165) is 43.6 Å². The van der Waals surface area contributed by atoms with Gasteiger partial charge in [-0.1, -0.05) is 56.5 Å². The van der Waals surface area contributed by atoms with Gasteiger partial charge < -0.3 is 4.42 Å². The number of carbonyl (C=O) groups excluding carboxylic acids is 1. The van der Waals surface area contributed by atoms with Crippen LogP contribution < -0.4 is 4.90 Å². The third-order valence-corrected chi connectivity index (χ3v) is 4.62. The van der Waals surface area contributed by atoms with E-state index in [4.69, 9.17) is 4.42 Å². The fourth-order valence-corrected chi connectivity index (χ4v) is 3.27. The molecule has 3 heteroatoms. The summed E-state index contributed by atoms with van der Waals surface area (Å²) in [6.45, 7) is 2.89. The Morgan fingerprint density at radius 2 is 1.87 bits per heavy atom. The van der Waals surface area contributed by atoms with Gasteiger partial charge in [-0.2, -0.15) is 0 Å². The second-order valence-electron chi connectivity index (χ2n) is 6.33. The Balaban J connectivity index is 1.82. The van der Waals surface area contributed by atoms with E-state index in [-0.39, 0.29) is 11.8 Å². The number of furan rings is 1. The third-order valence-electron chi connectivity index (χ3n) is 4.62. The SMILES string of the molecule is CCCCN(C(=O)C1CCCC1)c1ccc(-c2ccccc2)o1. The normalized spacial score (nSPS) is 15.0. The van der Waals surface area contributed by atoms with Crippen molar-refractivity contribution in [1.29, 1.82) is 0 Å². The molecule has 122 valence electrons. The topological polar surface area (TPSA) is 33.5 Å². The van der Waals surface area contributed by atoms with Crippen LogP contribution in [0.1, 0.15) is 45.4 Å². The van der Waals surface area contributed by atoms with Gasteiger partial charge in [-0.15, -0.1) is 0 Å². The van der Waals surface area contributed by atoms with Crippen LogP contribution in [0.5, 0.6) is 0 Å². The van der Waals surface area contributed by atoms with Gasteiger partial charge in [0.05, 0.1) is 0 Å². The first-order chi connectivity index (χ1) is 11.3. The van der Waals surface area contributed by atoms with Crippen molar-refractivity contribution in [1.82, 2.24) is 0 Å². The number of unbranched alkanes of at least 4 members (excludes halogenated alkanes) is 1. The third kappa shape index (κ3) is 3.66. The van der Waals surface area contributed by atoms with Crippen molar-refractivity contribution < 1.29 is 9.21 Å². The Bertz CT molecular complexity index is 626. The average molecular weight is 311 g/mol. The molecule has 0 radical (unpaired) electrons. The van der Waals surface area contributed by atoms with Gasteiger partial charge in [0.1, 0.15) is 5.76 Å². The lowest BCUT2D eigenvalue weighted by molar-refractivity contribution is -0.122. The highest BCUT2D eigenvalue weighted by molar-refractivity contribution is 5.94.